The summed E-state index contributed by atoms with van der Waals surface area (Å²) in [4.78, 5) is 12.6. The minimum absolute atomic E-state index is 0.0462. The maximum absolute atomic E-state index is 12.6. The van der Waals surface area contributed by atoms with Gasteiger partial charge in [-0.1, -0.05) is 24.3 Å². The van der Waals surface area contributed by atoms with Crippen LogP contribution in [0, 0.1) is 0 Å². The molecule has 4 rings (SSSR count). The molecule has 0 spiro atoms. The van der Waals surface area contributed by atoms with Crippen molar-refractivity contribution in [1.29, 1.82) is 0 Å². The standard InChI is InChI=1S/C16H14NO2/c1-16(2)9-17-14(18)11-7-3-5-10-6-4-8-12(13(10)11)15(17)19-16/h3-8H,9H2,1-2H3/q+1. The average molecular weight is 252 g/mol. The molecule has 0 N–H and O–H groups in total. The summed E-state index contributed by atoms with van der Waals surface area (Å²) < 4.78 is 7.75. The summed E-state index contributed by atoms with van der Waals surface area (Å²) >= 11 is 0. The molecule has 0 fully saturated rings. The molecule has 19 heavy (non-hydrogen) atoms. The van der Waals surface area contributed by atoms with E-state index in [0.29, 0.717) is 12.4 Å². The van der Waals surface area contributed by atoms with Gasteiger partial charge in [0.15, 0.2) is 12.1 Å². The molecule has 0 radical (unpaired) electrons. The van der Waals surface area contributed by atoms with Gasteiger partial charge in [0.05, 0.1) is 11.1 Å². The molecule has 0 unspecified atom stereocenters. The van der Waals surface area contributed by atoms with E-state index in [1.54, 1.807) is 4.58 Å². The maximum Gasteiger partial charge on any atom is 0.423 e. The second-order valence-electron chi connectivity index (χ2n) is 5.77. The number of amides is 1. The summed E-state index contributed by atoms with van der Waals surface area (Å²) in [6.07, 6.45) is 0. The Balaban J connectivity index is 2.10. The molecular weight excluding hydrogens is 238 g/mol. The summed E-state index contributed by atoms with van der Waals surface area (Å²) in [5, 5.41) is 2.10. The van der Waals surface area contributed by atoms with Crippen molar-refractivity contribution in [2.45, 2.75) is 19.4 Å². The Kier molecular flexibility index (Phi) is 1.83. The van der Waals surface area contributed by atoms with E-state index in [-0.39, 0.29) is 11.5 Å². The molecule has 1 amide bonds. The van der Waals surface area contributed by atoms with Crippen molar-refractivity contribution >= 4 is 22.6 Å². The summed E-state index contributed by atoms with van der Waals surface area (Å²) in [6, 6.07) is 11.9. The van der Waals surface area contributed by atoms with E-state index in [1.807, 2.05) is 50.2 Å². The molecule has 3 nitrogen and oxygen atoms in total. The number of carbonyl (C=O) groups excluding carboxylic acids is 1. The molecule has 2 aromatic rings. The molecule has 3 heteroatoms. The molecular formula is C16H14NO2+. The quantitative estimate of drug-likeness (QED) is 0.674. The summed E-state index contributed by atoms with van der Waals surface area (Å²) in [7, 11) is 0. The van der Waals surface area contributed by atoms with E-state index >= 15 is 0 Å². The Morgan fingerprint density at radius 3 is 2.53 bits per heavy atom. The first kappa shape index (κ1) is 10.7. The van der Waals surface area contributed by atoms with Crippen LogP contribution in [0.1, 0.15) is 29.8 Å². The van der Waals surface area contributed by atoms with Gasteiger partial charge in [-0.2, -0.15) is 0 Å². The molecule has 2 aliphatic heterocycles. The molecule has 0 atom stereocenters. The zero-order valence-corrected chi connectivity index (χ0v) is 10.9. The van der Waals surface area contributed by atoms with Gasteiger partial charge in [0, 0.05) is 5.39 Å². The van der Waals surface area contributed by atoms with Crippen molar-refractivity contribution in [1.82, 2.24) is 0 Å². The zero-order chi connectivity index (χ0) is 13.2. The van der Waals surface area contributed by atoms with Crippen LogP contribution in [0.3, 0.4) is 0 Å². The van der Waals surface area contributed by atoms with Crippen LogP contribution < -0.4 is 0 Å². The van der Waals surface area contributed by atoms with Crippen LogP contribution in [0.4, 0.5) is 0 Å². The smallest absolute Gasteiger partial charge is 0.423 e. The lowest BCUT2D eigenvalue weighted by atomic mass is 9.96. The van der Waals surface area contributed by atoms with Gasteiger partial charge in [0.1, 0.15) is 0 Å². The van der Waals surface area contributed by atoms with Crippen molar-refractivity contribution in [2.24, 2.45) is 0 Å². The van der Waals surface area contributed by atoms with Crippen LogP contribution in [-0.4, -0.2) is 28.5 Å². The highest BCUT2D eigenvalue weighted by Gasteiger charge is 2.47. The molecule has 0 saturated heterocycles. The first-order valence-corrected chi connectivity index (χ1v) is 6.47. The lowest BCUT2D eigenvalue weighted by Gasteiger charge is -2.13. The van der Waals surface area contributed by atoms with Gasteiger partial charge >= 0.3 is 11.8 Å². The molecule has 2 heterocycles. The van der Waals surface area contributed by atoms with E-state index in [0.717, 1.165) is 21.9 Å². The average Bonchev–Trinajstić information content (AvgIpc) is 2.72. The maximum atomic E-state index is 12.6. The fourth-order valence-electron chi connectivity index (χ4n) is 3.01. The van der Waals surface area contributed by atoms with Crippen molar-refractivity contribution in [3.8, 4) is 0 Å². The molecule has 2 aliphatic rings. The number of fused-ring (bicyclic) bond motifs is 1. The minimum Gasteiger partial charge on any atom is -0.431 e. The number of hydrogen-bond acceptors (Lipinski definition) is 2. The SMILES string of the molecule is CC1(C)C[N+]2=C(O1)c1cccc3cccc(c13)C2=O. The number of ether oxygens (including phenoxy) is 1. The Labute approximate surface area is 111 Å². The monoisotopic (exact) mass is 252 g/mol. The van der Waals surface area contributed by atoms with E-state index < -0.39 is 0 Å². The summed E-state index contributed by atoms with van der Waals surface area (Å²) in [6.45, 7) is 4.62. The fourth-order valence-corrected chi connectivity index (χ4v) is 3.01. The first-order chi connectivity index (χ1) is 9.07. The van der Waals surface area contributed by atoms with E-state index in [9.17, 15) is 4.79 Å². The molecule has 2 aromatic carbocycles. The zero-order valence-electron chi connectivity index (χ0n) is 10.9. The van der Waals surface area contributed by atoms with Crippen molar-refractivity contribution in [3.63, 3.8) is 0 Å². The second kappa shape index (κ2) is 3.23. The lowest BCUT2D eigenvalue weighted by molar-refractivity contribution is -0.425. The van der Waals surface area contributed by atoms with E-state index in [1.165, 1.54) is 0 Å². The predicted octanol–water partition coefficient (Wildman–Crippen LogP) is 2.56. The highest BCUT2D eigenvalue weighted by Crippen LogP contribution is 2.32. The van der Waals surface area contributed by atoms with Gasteiger partial charge in [-0.15, -0.1) is 4.58 Å². The Hall–Kier alpha value is -2.16. The summed E-state index contributed by atoms with van der Waals surface area (Å²) in [5.74, 6) is 0.754. The van der Waals surface area contributed by atoms with Crippen LogP contribution in [0.15, 0.2) is 36.4 Å². The third-order valence-electron chi connectivity index (χ3n) is 3.77. The number of nitrogens with zero attached hydrogens (tertiary/aromatic N) is 1. The number of benzene rings is 2. The van der Waals surface area contributed by atoms with Crippen LogP contribution in [0.5, 0.6) is 0 Å². The normalized spacial score (nSPS) is 19.6. The van der Waals surface area contributed by atoms with Crippen LogP contribution in [0.25, 0.3) is 10.8 Å². The van der Waals surface area contributed by atoms with E-state index in [2.05, 4.69) is 0 Å². The third kappa shape index (κ3) is 1.33. The van der Waals surface area contributed by atoms with Gasteiger partial charge in [-0.3, -0.25) is 0 Å². The molecule has 0 saturated carbocycles. The Morgan fingerprint density at radius 1 is 1.11 bits per heavy atom. The van der Waals surface area contributed by atoms with E-state index in [4.69, 9.17) is 4.74 Å². The largest absolute Gasteiger partial charge is 0.431 e. The Morgan fingerprint density at radius 2 is 1.79 bits per heavy atom. The summed E-state index contributed by atoms with van der Waals surface area (Å²) in [5.41, 5.74) is 1.48. The first-order valence-electron chi connectivity index (χ1n) is 6.47. The van der Waals surface area contributed by atoms with Crippen LogP contribution >= 0.6 is 0 Å². The minimum atomic E-state index is -0.324. The fraction of sp³-hybridized carbons (Fsp3) is 0.250. The van der Waals surface area contributed by atoms with Gasteiger partial charge < -0.3 is 4.74 Å². The van der Waals surface area contributed by atoms with Crippen molar-refractivity contribution < 1.29 is 14.1 Å². The number of hydrogen-bond donors (Lipinski definition) is 0. The predicted molar refractivity (Wildman–Crippen MR) is 72.7 cm³/mol. The number of rotatable bonds is 0. The van der Waals surface area contributed by atoms with Crippen molar-refractivity contribution in [3.05, 3.63) is 47.5 Å². The van der Waals surface area contributed by atoms with Gasteiger partial charge in [-0.25, -0.2) is 4.79 Å². The molecule has 0 aliphatic carbocycles. The second-order valence-corrected chi connectivity index (χ2v) is 5.77. The topological polar surface area (TPSA) is 29.3 Å². The van der Waals surface area contributed by atoms with Crippen molar-refractivity contribution in [2.75, 3.05) is 6.54 Å². The molecule has 94 valence electrons. The van der Waals surface area contributed by atoms with Gasteiger partial charge in [0.25, 0.3) is 0 Å². The van der Waals surface area contributed by atoms with Gasteiger partial charge in [-0.05, 0) is 31.4 Å². The third-order valence-corrected chi connectivity index (χ3v) is 3.77. The van der Waals surface area contributed by atoms with Gasteiger partial charge in [0.2, 0.25) is 0 Å². The molecule has 0 bridgehead atoms. The number of carbonyl (C=O) groups is 1. The molecule has 0 aromatic heterocycles. The Bertz CT molecular complexity index is 766. The highest BCUT2D eigenvalue weighted by molar-refractivity contribution is 6.18. The lowest BCUT2D eigenvalue weighted by Crippen LogP contribution is -2.31. The van der Waals surface area contributed by atoms with Crippen LogP contribution in [-0.2, 0) is 4.74 Å². The van der Waals surface area contributed by atoms with Crippen LogP contribution in [0.2, 0.25) is 0 Å². The highest BCUT2D eigenvalue weighted by atomic mass is 16.5.